The van der Waals surface area contributed by atoms with Gasteiger partial charge in [-0.05, 0) is 36.8 Å². The molecule has 39 heavy (non-hydrogen) atoms. The van der Waals surface area contributed by atoms with Crippen molar-refractivity contribution in [3.05, 3.63) is 41.0 Å². The number of aliphatic hydroxyl groups excluding tert-OH is 1. The number of β-amino-alcohol motifs (C(OH)–C–C–N with tert-alkyl or cyclic N) is 1. The van der Waals surface area contributed by atoms with Crippen molar-refractivity contribution in [1.82, 2.24) is 19.5 Å². The number of likely N-dealkylation sites (tertiary alicyclic amines) is 1. The molecule has 14 heteroatoms. The van der Waals surface area contributed by atoms with Gasteiger partial charge in [-0.15, -0.1) is 11.3 Å². The van der Waals surface area contributed by atoms with Gasteiger partial charge in [-0.1, -0.05) is 38.1 Å². The van der Waals surface area contributed by atoms with Crippen molar-refractivity contribution in [2.24, 2.45) is 10.4 Å². The first-order chi connectivity index (χ1) is 18.3. The van der Waals surface area contributed by atoms with E-state index in [0.717, 1.165) is 21.7 Å². The third-order valence-electron chi connectivity index (χ3n) is 8.34. The van der Waals surface area contributed by atoms with Gasteiger partial charge in [0, 0.05) is 19.5 Å². The van der Waals surface area contributed by atoms with E-state index in [9.17, 15) is 23.1 Å². The number of aliphatic imine (C=N–C) groups is 1. The number of amidine groups is 1. The van der Waals surface area contributed by atoms with Crippen LogP contribution in [-0.4, -0.2) is 90.8 Å². The Kier molecular flexibility index (Phi) is 7.06. The monoisotopic (exact) mass is 569 g/mol. The average Bonchev–Trinajstić information content (AvgIpc) is 3.64. The molecule has 2 amide bonds. The normalized spacial score (nSPS) is 28.9. The van der Waals surface area contributed by atoms with Gasteiger partial charge >= 0.3 is 0 Å². The number of thiazole rings is 1. The minimum atomic E-state index is -3.61. The zero-order chi connectivity index (χ0) is 28.3. The molecule has 0 spiro atoms. The van der Waals surface area contributed by atoms with Crippen LogP contribution in [0.2, 0.25) is 0 Å². The van der Waals surface area contributed by atoms with Gasteiger partial charge < -0.3 is 15.3 Å². The molecule has 3 aliphatic rings. The Hall–Kier alpha value is -2.54. The number of nitrogens with one attached hydrogen (secondary N) is 1. The van der Waals surface area contributed by atoms with Gasteiger partial charge in [0.25, 0.3) is 12.4 Å². The van der Waals surface area contributed by atoms with Gasteiger partial charge in [0.1, 0.15) is 17.4 Å². The lowest BCUT2D eigenvalue weighted by molar-refractivity contribution is -0.137. The van der Waals surface area contributed by atoms with Crippen molar-refractivity contribution in [1.29, 1.82) is 0 Å². The summed E-state index contributed by atoms with van der Waals surface area (Å²) in [4.78, 5) is 38.4. The van der Waals surface area contributed by atoms with Gasteiger partial charge in [-0.3, -0.25) is 9.59 Å². The standard InChI is InChI=1S/C25H33B2N5O5S2/c1-14-19(38-13-28-14)15-5-7-16(8-6-15)25(4)23(35)29-21(30-25)18-11-17(33)12-31(18)22(34)20-24(2,3)9-10-32(20)39(36,37)27-26/h5-8,13,17-18,20,27,33H,9-12,26H2,1-4H3,(H,29,30,35)/t17-,18?,20?,25+/m1/s1. The molecule has 1 aromatic heterocycles. The van der Waals surface area contributed by atoms with Crippen molar-refractivity contribution >= 4 is 53.0 Å². The summed E-state index contributed by atoms with van der Waals surface area (Å²) in [6.07, 6.45) is -0.149. The zero-order valence-corrected chi connectivity index (χ0v) is 24.5. The van der Waals surface area contributed by atoms with E-state index in [-0.39, 0.29) is 37.8 Å². The van der Waals surface area contributed by atoms with Crippen molar-refractivity contribution in [2.75, 3.05) is 13.1 Å². The van der Waals surface area contributed by atoms with E-state index in [0.29, 0.717) is 12.3 Å². The summed E-state index contributed by atoms with van der Waals surface area (Å²) in [5.41, 5.74) is 2.77. The Morgan fingerprint density at radius 3 is 2.56 bits per heavy atom. The molecule has 10 nitrogen and oxygen atoms in total. The maximum atomic E-state index is 14.0. The zero-order valence-electron chi connectivity index (χ0n) is 22.8. The van der Waals surface area contributed by atoms with Gasteiger partial charge in [-0.25, -0.2) is 13.4 Å². The minimum absolute atomic E-state index is 0.0462. The molecule has 5 rings (SSSR count). The first kappa shape index (κ1) is 28.0. The van der Waals surface area contributed by atoms with E-state index in [2.05, 4.69) is 15.3 Å². The van der Waals surface area contributed by atoms with E-state index in [4.69, 9.17) is 0 Å². The Labute approximate surface area is 234 Å². The highest BCUT2D eigenvalue weighted by Crippen LogP contribution is 2.40. The number of hydrogen-bond donors (Lipinski definition) is 2. The molecule has 2 N–H and O–H groups in total. The third-order valence-corrected chi connectivity index (χ3v) is 11.2. The fourth-order valence-electron chi connectivity index (χ4n) is 5.90. The van der Waals surface area contributed by atoms with E-state index in [1.165, 1.54) is 9.21 Å². The van der Waals surface area contributed by atoms with Crippen LogP contribution in [0.15, 0.2) is 34.8 Å². The average molecular weight is 569 g/mol. The summed E-state index contributed by atoms with van der Waals surface area (Å²) < 4.78 is 27.0. The number of carbonyl (C=O) groups excluding carboxylic acids is 2. The first-order valence-electron chi connectivity index (χ1n) is 13.2. The van der Waals surface area contributed by atoms with Crippen LogP contribution in [0.25, 0.3) is 10.4 Å². The van der Waals surface area contributed by atoms with E-state index < -0.39 is 39.0 Å². The quantitative estimate of drug-likeness (QED) is 0.474. The number of rotatable bonds is 6. The first-order valence-corrected chi connectivity index (χ1v) is 15.7. The highest BCUT2D eigenvalue weighted by atomic mass is 32.2. The Bertz CT molecular complexity index is 1440. The van der Waals surface area contributed by atoms with Crippen LogP contribution < -0.4 is 5.32 Å². The molecule has 2 unspecified atom stereocenters. The topological polar surface area (TPSA) is 132 Å². The number of aryl methyl sites for hydroxylation is 1. The third kappa shape index (κ3) is 4.75. The smallest absolute Gasteiger partial charge is 0.277 e. The molecule has 1 aromatic carbocycles. The number of aliphatic hydroxyl groups is 1. The Morgan fingerprint density at radius 1 is 1.26 bits per heavy atom. The Morgan fingerprint density at radius 2 is 1.95 bits per heavy atom. The second-order valence-corrected chi connectivity index (χ2v) is 14.5. The number of hydrogen-bond acceptors (Lipinski definition) is 8. The summed E-state index contributed by atoms with van der Waals surface area (Å²) in [6.45, 7) is 7.82. The highest BCUT2D eigenvalue weighted by molar-refractivity contribution is 8.17. The summed E-state index contributed by atoms with van der Waals surface area (Å²) >= 11 is 1.56. The van der Waals surface area contributed by atoms with Crippen LogP contribution in [0.3, 0.4) is 0 Å². The fraction of sp³-hybridized carbons (Fsp3) is 0.520. The van der Waals surface area contributed by atoms with Crippen LogP contribution in [0, 0.1) is 12.3 Å². The summed E-state index contributed by atoms with van der Waals surface area (Å²) in [6, 6.07) is 6.13. The van der Waals surface area contributed by atoms with Crippen molar-refractivity contribution < 1.29 is 23.1 Å². The van der Waals surface area contributed by atoms with E-state index in [1.807, 2.05) is 45.0 Å². The minimum Gasteiger partial charge on any atom is -0.391 e. The van der Waals surface area contributed by atoms with E-state index in [1.54, 1.807) is 31.5 Å². The van der Waals surface area contributed by atoms with Crippen LogP contribution >= 0.6 is 11.3 Å². The molecule has 206 valence electrons. The van der Waals surface area contributed by atoms with Gasteiger partial charge in [-0.2, -0.15) is 9.30 Å². The summed E-state index contributed by atoms with van der Waals surface area (Å²) in [5, 5.41) is 13.8. The molecule has 0 aliphatic carbocycles. The number of nitrogens with zero attached hydrogens (tertiary/aromatic N) is 4. The number of carbonyl (C=O) groups is 2. The van der Waals surface area contributed by atoms with Crippen LogP contribution in [0.1, 0.15) is 44.9 Å². The molecule has 4 atom stereocenters. The predicted octanol–water partition coefficient (Wildman–Crippen LogP) is 0.154. The van der Waals surface area contributed by atoms with Crippen LogP contribution in [-0.2, 0) is 25.0 Å². The number of aromatic nitrogens is 1. The summed E-state index contributed by atoms with van der Waals surface area (Å²) in [7, 11) is -2.04. The molecule has 2 fully saturated rings. The SMILES string of the molecule is BBS(=O)(=O)N1CCC(C)(C)C1C(=O)N1C[C@H](O)CC1C1=NC(=O)[C@](C)(c2ccc(-c3scnc3C)cc2)N1. The molecule has 0 saturated carbocycles. The fourth-order valence-corrected chi connectivity index (χ4v) is 8.11. The number of amides is 2. The summed E-state index contributed by atoms with van der Waals surface area (Å²) in [5.74, 6) is -0.439. The molecule has 2 saturated heterocycles. The molecule has 4 heterocycles. The molecule has 2 aromatic rings. The maximum absolute atomic E-state index is 14.0. The van der Waals surface area contributed by atoms with Gasteiger partial charge in [0.2, 0.25) is 5.91 Å². The van der Waals surface area contributed by atoms with Gasteiger partial charge in [0.05, 0.1) is 36.0 Å². The lowest BCUT2D eigenvalue weighted by Crippen LogP contribution is -2.57. The lowest BCUT2D eigenvalue weighted by Gasteiger charge is -2.36. The van der Waals surface area contributed by atoms with Crippen molar-refractivity contribution in [3.63, 3.8) is 0 Å². The van der Waals surface area contributed by atoms with E-state index >= 15 is 0 Å². The van der Waals surface area contributed by atoms with Crippen LogP contribution in [0.4, 0.5) is 0 Å². The molecular weight excluding hydrogens is 536 g/mol. The maximum Gasteiger partial charge on any atom is 0.277 e. The molecule has 0 bridgehead atoms. The second-order valence-electron chi connectivity index (χ2n) is 11.4. The molecular formula is C25H33B2N5O5S2. The highest BCUT2D eigenvalue weighted by Gasteiger charge is 2.54. The second kappa shape index (κ2) is 9.83. The molecule has 3 aliphatic heterocycles. The largest absolute Gasteiger partial charge is 0.391 e. The lowest BCUT2D eigenvalue weighted by atomic mass is 9.79. The van der Waals surface area contributed by atoms with Crippen molar-refractivity contribution in [3.8, 4) is 10.4 Å². The Balaban J connectivity index is 1.40. The van der Waals surface area contributed by atoms with Crippen molar-refractivity contribution in [2.45, 2.75) is 64.3 Å². The predicted molar refractivity (Wildman–Crippen MR) is 155 cm³/mol. The number of benzene rings is 1. The van der Waals surface area contributed by atoms with Gasteiger partial charge in [0.15, 0.2) is 9.87 Å². The van der Waals surface area contributed by atoms with Crippen LogP contribution in [0.5, 0.6) is 0 Å². The molecule has 0 radical (unpaired) electrons.